The van der Waals surface area contributed by atoms with Crippen molar-refractivity contribution in [1.82, 2.24) is 34.9 Å². The lowest BCUT2D eigenvalue weighted by molar-refractivity contribution is -0.134. The van der Waals surface area contributed by atoms with Crippen molar-refractivity contribution in [3.63, 3.8) is 0 Å². The monoisotopic (exact) mass is 974 g/mol. The number of aromatic carboxylic acids is 1. The van der Waals surface area contributed by atoms with Gasteiger partial charge in [-0.1, -0.05) is 29.5 Å². The zero-order valence-electron chi connectivity index (χ0n) is 39.7. The van der Waals surface area contributed by atoms with Crippen LogP contribution in [0.1, 0.15) is 94.7 Å². The molecule has 3 aromatic carbocycles. The number of thiazole rings is 1. The minimum Gasteiger partial charge on any atom is -0.491 e. The number of amides is 4. The van der Waals surface area contributed by atoms with E-state index in [0.717, 1.165) is 82.1 Å². The zero-order valence-corrected chi connectivity index (χ0v) is 40.6. The second-order valence-corrected chi connectivity index (χ2v) is 19.8. The zero-order chi connectivity index (χ0) is 49.3. The summed E-state index contributed by atoms with van der Waals surface area (Å²) in [6, 6.07) is 24.6. The number of anilines is 3. The van der Waals surface area contributed by atoms with Gasteiger partial charge in [-0.2, -0.15) is 5.10 Å². The van der Waals surface area contributed by atoms with Gasteiger partial charge >= 0.3 is 5.97 Å². The quantitative estimate of drug-likeness (QED) is 0.0765. The third-order valence-corrected chi connectivity index (χ3v) is 14.9. The Morgan fingerprint density at radius 2 is 1.73 bits per heavy atom. The van der Waals surface area contributed by atoms with Crippen molar-refractivity contribution < 1.29 is 33.8 Å². The van der Waals surface area contributed by atoms with E-state index in [-0.39, 0.29) is 41.8 Å². The fraction of sp³-hybridized carbons (Fsp3) is 0.340. The maximum atomic E-state index is 13.6. The van der Waals surface area contributed by atoms with E-state index in [4.69, 9.17) is 4.74 Å². The molecule has 0 spiro atoms. The largest absolute Gasteiger partial charge is 0.491 e. The van der Waals surface area contributed by atoms with Crippen LogP contribution in [-0.4, -0.2) is 96.6 Å². The molecule has 0 aliphatic carbocycles. The molecule has 1 unspecified atom stereocenters. The van der Waals surface area contributed by atoms with Gasteiger partial charge in [0.05, 0.1) is 40.0 Å². The number of imide groups is 1. The van der Waals surface area contributed by atoms with Crippen LogP contribution in [0.3, 0.4) is 0 Å². The Bertz CT molecular complexity index is 3200. The van der Waals surface area contributed by atoms with Crippen molar-refractivity contribution in [3.05, 3.63) is 119 Å². The minimum atomic E-state index is -1.14. The normalized spacial score (nSPS) is 16.9. The molecule has 7 aromatic rings. The Hall–Kier alpha value is -7.57. The molecule has 0 radical (unpaired) electrons. The SMILES string of the molecule is Cc1cc(O[C@H](C)CCC2CCN(CC(=O)Nc3ccc4c(C5CCC(=O)NC5=O)nn(C)c4c3)CC2)ccc1-c1ccc(N2CCc3ccnc(C(=O)Nc4nc5ccccc5s4)c3C2)nc1C(=O)O. The van der Waals surface area contributed by atoms with Crippen LogP contribution in [0.4, 0.5) is 16.6 Å². The van der Waals surface area contributed by atoms with Crippen LogP contribution in [0.15, 0.2) is 85.1 Å². The lowest BCUT2D eigenvalue weighted by Crippen LogP contribution is -2.39. The van der Waals surface area contributed by atoms with Crippen molar-refractivity contribution in [2.45, 2.75) is 77.4 Å². The molecule has 2 saturated heterocycles. The van der Waals surface area contributed by atoms with Crippen molar-refractivity contribution in [2.24, 2.45) is 13.0 Å². The van der Waals surface area contributed by atoms with Crippen LogP contribution in [0.5, 0.6) is 5.75 Å². The summed E-state index contributed by atoms with van der Waals surface area (Å²) in [6.45, 7) is 6.89. The highest BCUT2D eigenvalue weighted by atomic mass is 32.1. The Balaban J connectivity index is 0.704. The van der Waals surface area contributed by atoms with Crippen molar-refractivity contribution >= 4 is 78.7 Å². The van der Waals surface area contributed by atoms with Gasteiger partial charge in [-0.25, -0.2) is 14.8 Å². The van der Waals surface area contributed by atoms with Gasteiger partial charge in [0.15, 0.2) is 10.8 Å². The van der Waals surface area contributed by atoms with Gasteiger partial charge in [0.25, 0.3) is 5.91 Å². The molecule has 2 atom stereocenters. The van der Waals surface area contributed by atoms with Gasteiger partial charge in [0.1, 0.15) is 17.3 Å². The third-order valence-electron chi connectivity index (χ3n) is 13.9. The fourth-order valence-corrected chi connectivity index (χ4v) is 11.0. The molecule has 7 heterocycles. The number of pyridine rings is 2. The first-order chi connectivity index (χ1) is 34.3. The number of benzene rings is 3. The van der Waals surface area contributed by atoms with Crippen LogP contribution in [0.25, 0.3) is 32.2 Å². The van der Waals surface area contributed by atoms with E-state index in [1.165, 1.54) is 11.3 Å². The van der Waals surface area contributed by atoms with E-state index in [1.54, 1.807) is 24.0 Å². The molecular weight excluding hydrogens is 921 g/mol. The van der Waals surface area contributed by atoms with E-state index < -0.39 is 11.9 Å². The predicted octanol–water partition coefficient (Wildman–Crippen LogP) is 7.88. The number of hydrogen-bond acceptors (Lipinski definition) is 13. The van der Waals surface area contributed by atoms with Gasteiger partial charge in [-0.15, -0.1) is 0 Å². The molecule has 4 aromatic heterocycles. The van der Waals surface area contributed by atoms with Gasteiger partial charge in [0, 0.05) is 55.0 Å². The highest BCUT2D eigenvalue weighted by Gasteiger charge is 2.32. The van der Waals surface area contributed by atoms with E-state index in [2.05, 4.69) is 47.8 Å². The van der Waals surface area contributed by atoms with Crippen LogP contribution in [0, 0.1) is 12.8 Å². The van der Waals surface area contributed by atoms with Gasteiger partial charge in [-0.3, -0.25) is 44.4 Å². The maximum Gasteiger partial charge on any atom is 0.355 e. The topological polar surface area (TPSA) is 214 Å². The predicted molar refractivity (Wildman–Crippen MR) is 271 cm³/mol. The molecule has 4 N–H and O–H groups in total. The average molecular weight is 975 g/mol. The number of carboxylic acid groups (broad SMARTS) is 1. The molecule has 0 saturated carbocycles. The molecule has 17 nitrogen and oxygen atoms in total. The molecule has 3 aliphatic rings. The van der Waals surface area contributed by atoms with Crippen LogP contribution in [0.2, 0.25) is 0 Å². The second kappa shape index (κ2) is 20.0. The van der Waals surface area contributed by atoms with E-state index >= 15 is 0 Å². The first-order valence-electron chi connectivity index (χ1n) is 24.1. The standard InChI is InChI=1S/C53H54N10O7S/c1-30-26-35(70-31(2)8-9-32-19-23-62(24-20-32)29-46(65)55-34-10-12-38-42(27-34)61(3)60-47(38)39-15-17-45(64)58-50(39)66)11-13-36(30)37-14-16-44(57-49(37)52(68)69)63-25-21-33-18-22-54-48(40(33)28-63)51(67)59-53-56-41-6-4-5-7-43(41)71-53/h4-7,10-14,16,18,22,26-27,31-32,39H,8-9,15,17,19-21,23-25,28-29H2,1-3H3,(H,55,65)(H,68,69)(H,56,59,67)(H,58,64,66)/t31-,39?/m1/s1. The summed E-state index contributed by atoms with van der Waals surface area (Å²) in [5, 5.41) is 24.7. The first-order valence-corrected chi connectivity index (χ1v) is 24.9. The smallest absolute Gasteiger partial charge is 0.355 e. The third kappa shape index (κ3) is 10.2. The minimum absolute atomic E-state index is 0.0413. The number of ether oxygens (including phenoxy) is 1. The molecule has 2 fully saturated rings. The Morgan fingerprint density at radius 3 is 2.52 bits per heavy atom. The number of fused-ring (bicyclic) bond motifs is 3. The molecule has 0 bridgehead atoms. The van der Waals surface area contributed by atoms with E-state index in [9.17, 15) is 29.1 Å². The number of aryl methyl sites for hydroxylation is 2. The molecule has 71 heavy (non-hydrogen) atoms. The van der Waals surface area contributed by atoms with Crippen molar-refractivity contribution in [1.29, 1.82) is 0 Å². The number of carboxylic acids is 1. The Morgan fingerprint density at radius 1 is 0.915 bits per heavy atom. The number of rotatable bonds is 14. The summed E-state index contributed by atoms with van der Waals surface area (Å²) in [5.41, 5.74) is 7.04. The van der Waals surface area contributed by atoms with Gasteiger partial charge in [0.2, 0.25) is 17.7 Å². The molecule has 18 heteroatoms. The number of carbonyl (C=O) groups is 5. The average Bonchev–Trinajstić information content (AvgIpc) is 3.92. The lowest BCUT2D eigenvalue weighted by atomic mass is 9.91. The van der Waals surface area contributed by atoms with E-state index in [1.807, 2.05) is 84.6 Å². The van der Waals surface area contributed by atoms with Crippen LogP contribution in [-0.2, 0) is 34.4 Å². The van der Waals surface area contributed by atoms with Crippen molar-refractivity contribution in [3.8, 4) is 16.9 Å². The molecule has 364 valence electrons. The highest BCUT2D eigenvalue weighted by molar-refractivity contribution is 7.22. The number of hydrogen-bond donors (Lipinski definition) is 4. The van der Waals surface area contributed by atoms with Gasteiger partial charge in [-0.05, 0) is 149 Å². The first kappa shape index (κ1) is 47.1. The molecular formula is C53H54N10O7S. The Kier molecular flexibility index (Phi) is 13.3. The summed E-state index contributed by atoms with van der Waals surface area (Å²) in [6.07, 6.45) is 6.78. The maximum absolute atomic E-state index is 13.6. The fourth-order valence-electron chi connectivity index (χ4n) is 10.1. The summed E-state index contributed by atoms with van der Waals surface area (Å²) < 4.78 is 9.06. The number of nitrogens with zero attached hydrogens (tertiary/aromatic N) is 7. The van der Waals surface area contributed by atoms with Crippen LogP contribution >= 0.6 is 11.3 Å². The molecule has 10 rings (SSSR count). The summed E-state index contributed by atoms with van der Waals surface area (Å²) in [4.78, 5) is 81.5. The lowest BCUT2D eigenvalue weighted by Gasteiger charge is -2.32. The summed E-state index contributed by atoms with van der Waals surface area (Å²) in [5.74, 6) is -0.932. The molecule has 4 amide bonds. The number of para-hydroxylation sites is 1. The van der Waals surface area contributed by atoms with Crippen LogP contribution < -0.4 is 25.6 Å². The van der Waals surface area contributed by atoms with E-state index in [0.29, 0.717) is 77.7 Å². The van der Waals surface area contributed by atoms with Crippen molar-refractivity contribution in [2.75, 3.05) is 41.7 Å². The number of carbonyl (C=O) groups excluding carboxylic acids is 4. The number of aromatic nitrogens is 5. The van der Waals surface area contributed by atoms with Gasteiger partial charge < -0.3 is 20.1 Å². The highest BCUT2D eigenvalue weighted by Crippen LogP contribution is 2.35. The summed E-state index contributed by atoms with van der Waals surface area (Å²) in [7, 11) is 1.81. The number of piperidine rings is 2. The second-order valence-electron chi connectivity index (χ2n) is 18.8. The Labute approximate surface area is 413 Å². The summed E-state index contributed by atoms with van der Waals surface area (Å²) >= 11 is 1.40. The number of likely N-dealkylation sites (tertiary alicyclic amines) is 1. The molecule has 3 aliphatic heterocycles. The number of nitrogens with one attached hydrogen (secondary N) is 3.